The van der Waals surface area contributed by atoms with E-state index in [1.54, 1.807) is 38.3 Å². The number of nitrogens with one attached hydrogen (secondary N) is 1. The molecule has 27 heavy (non-hydrogen) atoms. The number of fused-ring (bicyclic) bond motifs is 2. The van der Waals surface area contributed by atoms with Crippen molar-refractivity contribution in [2.24, 2.45) is 10.8 Å². The van der Waals surface area contributed by atoms with E-state index >= 15 is 0 Å². The molecule has 2 aliphatic rings. The van der Waals surface area contributed by atoms with Crippen LogP contribution in [0.5, 0.6) is 5.75 Å². The summed E-state index contributed by atoms with van der Waals surface area (Å²) in [5.41, 5.74) is -2.97. The molecule has 1 aromatic rings. The lowest BCUT2D eigenvalue weighted by Gasteiger charge is -2.48. The van der Waals surface area contributed by atoms with E-state index in [9.17, 15) is 15.8 Å². The molecule has 0 aromatic heterocycles. The second-order valence-electron chi connectivity index (χ2n) is 7.00. The van der Waals surface area contributed by atoms with Gasteiger partial charge in [0, 0.05) is 6.92 Å². The fourth-order valence-corrected chi connectivity index (χ4v) is 4.43. The topological polar surface area (TPSA) is 123 Å². The third kappa shape index (κ3) is 2.17. The van der Waals surface area contributed by atoms with Gasteiger partial charge >= 0.3 is 0 Å². The highest BCUT2D eigenvalue weighted by Gasteiger charge is 2.79. The molecule has 2 fully saturated rings. The summed E-state index contributed by atoms with van der Waals surface area (Å²) in [5.74, 6) is -1.89. The van der Waals surface area contributed by atoms with Crippen molar-refractivity contribution in [1.82, 2.24) is 0 Å². The summed E-state index contributed by atoms with van der Waals surface area (Å²) in [6.45, 7) is 3.57. The van der Waals surface area contributed by atoms with E-state index in [2.05, 4.69) is 6.07 Å². The minimum atomic E-state index is -1.85. The first-order chi connectivity index (χ1) is 12.9. The number of nitriles is 3. The Morgan fingerprint density at radius 3 is 2.26 bits per heavy atom. The Morgan fingerprint density at radius 2 is 1.78 bits per heavy atom. The average molecular weight is 364 g/mol. The zero-order chi connectivity index (χ0) is 19.9. The molecule has 0 radical (unpaired) electrons. The molecule has 0 amide bonds. The van der Waals surface area contributed by atoms with Crippen molar-refractivity contribution in [1.29, 1.82) is 21.2 Å². The maximum absolute atomic E-state index is 10.2. The van der Waals surface area contributed by atoms with Crippen molar-refractivity contribution in [3.05, 3.63) is 29.8 Å². The van der Waals surface area contributed by atoms with Crippen molar-refractivity contribution in [3.8, 4) is 24.0 Å². The summed E-state index contributed by atoms with van der Waals surface area (Å²) in [7, 11) is 1.55. The SMILES string of the molecule is CCCC1OC2(C)OC(=N)C(C#N)(C2c2ccc(OC)cc2)C1(C#N)C#N. The maximum atomic E-state index is 10.2. The summed E-state index contributed by atoms with van der Waals surface area (Å²) in [4.78, 5) is 0. The maximum Gasteiger partial charge on any atom is 0.218 e. The van der Waals surface area contributed by atoms with Crippen LogP contribution in [0.2, 0.25) is 0 Å². The van der Waals surface area contributed by atoms with Crippen LogP contribution in [0.3, 0.4) is 0 Å². The number of rotatable bonds is 4. The van der Waals surface area contributed by atoms with E-state index in [1.807, 2.05) is 19.1 Å². The quantitative estimate of drug-likeness (QED) is 0.875. The number of nitrogens with zero attached hydrogens (tertiary/aromatic N) is 3. The number of methoxy groups -OCH3 is 1. The third-order valence-corrected chi connectivity index (χ3v) is 5.63. The fraction of sp³-hybridized carbons (Fsp3) is 0.500. The molecule has 0 saturated carbocycles. The van der Waals surface area contributed by atoms with Crippen LogP contribution in [0.15, 0.2) is 24.3 Å². The van der Waals surface area contributed by atoms with Gasteiger partial charge in [-0.3, -0.25) is 5.41 Å². The Balaban J connectivity index is 2.29. The van der Waals surface area contributed by atoms with E-state index < -0.39 is 34.5 Å². The largest absolute Gasteiger partial charge is 0.497 e. The number of benzene rings is 1. The van der Waals surface area contributed by atoms with Gasteiger partial charge in [-0.2, -0.15) is 15.8 Å². The van der Waals surface area contributed by atoms with Crippen LogP contribution in [0, 0.1) is 50.2 Å². The predicted octanol–water partition coefficient (Wildman–Crippen LogP) is 3.24. The highest BCUT2D eigenvalue weighted by atomic mass is 16.7. The molecular formula is C20H20N4O3. The van der Waals surface area contributed by atoms with Gasteiger partial charge in [-0.1, -0.05) is 25.5 Å². The molecule has 0 spiro atoms. The Kier molecular flexibility index (Phi) is 4.34. The van der Waals surface area contributed by atoms with Crippen LogP contribution >= 0.6 is 0 Å². The molecule has 138 valence electrons. The summed E-state index contributed by atoms with van der Waals surface area (Å²) in [6, 6.07) is 13.2. The molecular weight excluding hydrogens is 344 g/mol. The summed E-state index contributed by atoms with van der Waals surface area (Å²) in [6.07, 6.45) is 0.236. The predicted molar refractivity (Wildman–Crippen MR) is 94.4 cm³/mol. The molecule has 0 aliphatic carbocycles. The summed E-state index contributed by atoms with van der Waals surface area (Å²) >= 11 is 0. The van der Waals surface area contributed by atoms with Crippen LogP contribution in [0.4, 0.5) is 0 Å². The van der Waals surface area contributed by atoms with Gasteiger partial charge in [0.15, 0.2) is 10.8 Å². The lowest BCUT2D eigenvalue weighted by atomic mass is 9.52. The smallest absolute Gasteiger partial charge is 0.218 e. The lowest BCUT2D eigenvalue weighted by molar-refractivity contribution is -0.251. The number of ether oxygens (including phenoxy) is 3. The summed E-state index contributed by atoms with van der Waals surface area (Å²) in [5, 5.41) is 38.7. The van der Waals surface area contributed by atoms with Gasteiger partial charge in [0.1, 0.15) is 5.75 Å². The average Bonchev–Trinajstić information content (AvgIpc) is 2.86. The van der Waals surface area contributed by atoms with E-state index in [0.717, 1.165) is 0 Å². The molecule has 1 N–H and O–H groups in total. The first-order valence-corrected chi connectivity index (χ1v) is 8.72. The summed E-state index contributed by atoms with van der Waals surface area (Å²) < 4.78 is 17.0. The van der Waals surface area contributed by atoms with Crippen molar-refractivity contribution < 1.29 is 14.2 Å². The molecule has 7 nitrogen and oxygen atoms in total. The van der Waals surface area contributed by atoms with Crippen molar-refractivity contribution in [2.45, 2.75) is 44.5 Å². The Bertz CT molecular complexity index is 878. The Hall–Kier alpha value is -3.08. The first kappa shape index (κ1) is 18.7. The van der Waals surface area contributed by atoms with E-state index in [-0.39, 0.29) is 0 Å². The van der Waals surface area contributed by atoms with Gasteiger partial charge in [0.2, 0.25) is 11.7 Å². The Labute approximate surface area is 158 Å². The van der Waals surface area contributed by atoms with Gasteiger partial charge in [0.25, 0.3) is 0 Å². The fourth-order valence-electron chi connectivity index (χ4n) is 4.43. The van der Waals surface area contributed by atoms with Crippen LogP contribution in [-0.4, -0.2) is 24.9 Å². The van der Waals surface area contributed by atoms with E-state index in [0.29, 0.717) is 24.2 Å². The van der Waals surface area contributed by atoms with Gasteiger partial charge in [-0.25, -0.2) is 0 Å². The molecule has 2 bridgehead atoms. The molecule has 2 heterocycles. The van der Waals surface area contributed by atoms with E-state index in [4.69, 9.17) is 19.6 Å². The minimum Gasteiger partial charge on any atom is -0.497 e. The van der Waals surface area contributed by atoms with Gasteiger partial charge in [0.05, 0.1) is 37.3 Å². The first-order valence-electron chi connectivity index (χ1n) is 8.72. The van der Waals surface area contributed by atoms with Crippen LogP contribution < -0.4 is 4.74 Å². The van der Waals surface area contributed by atoms with Crippen LogP contribution in [0.25, 0.3) is 0 Å². The van der Waals surface area contributed by atoms with Gasteiger partial charge in [-0.05, 0) is 24.1 Å². The van der Waals surface area contributed by atoms with Gasteiger partial charge < -0.3 is 14.2 Å². The van der Waals surface area contributed by atoms with Crippen LogP contribution in [-0.2, 0) is 9.47 Å². The minimum absolute atomic E-state index is 0.393. The Morgan fingerprint density at radius 1 is 1.15 bits per heavy atom. The number of hydrogen-bond donors (Lipinski definition) is 1. The lowest BCUT2D eigenvalue weighted by Crippen LogP contribution is -2.60. The zero-order valence-corrected chi connectivity index (χ0v) is 15.4. The molecule has 4 atom stereocenters. The molecule has 7 heteroatoms. The van der Waals surface area contributed by atoms with Gasteiger partial charge in [-0.15, -0.1) is 0 Å². The zero-order valence-electron chi connectivity index (χ0n) is 15.4. The molecule has 1 aromatic carbocycles. The normalized spacial score (nSPS) is 33.3. The second kappa shape index (κ2) is 6.27. The molecule has 2 aliphatic heterocycles. The van der Waals surface area contributed by atoms with Crippen molar-refractivity contribution in [2.75, 3.05) is 7.11 Å². The van der Waals surface area contributed by atoms with Crippen LogP contribution in [0.1, 0.15) is 38.2 Å². The van der Waals surface area contributed by atoms with Crippen molar-refractivity contribution in [3.63, 3.8) is 0 Å². The molecule has 4 unspecified atom stereocenters. The molecule has 2 saturated heterocycles. The third-order valence-electron chi connectivity index (χ3n) is 5.63. The highest BCUT2D eigenvalue weighted by Crippen LogP contribution is 2.66. The van der Waals surface area contributed by atoms with E-state index in [1.165, 1.54) is 0 Å². The van der Waals surface area contributed by atoms with Crippen molar-refractivity contribution >= 4 is 5.90 Å². The number of hydrogen-bond acceptors (Lipinski definition) is 7. The highest BCUT2D eigenvalue weighted by molar-refractivity contribution is 5.90. The second-order valence-corrected chi connectivity index (χ2v) is 7.00. The monoisotopic (exact) mass is 364 g/mol. The standard InChI is InChI=1S/C20H20N4O3/c1-4-5-15-19(10-21,11-22)20(12-23)16(18(2,26-15)27-17(20)24)13-6-8-14(25-3)9-7-13/h6-9,15-16,24H,4-5H2,1-3H3. The molecule has 3 rings (SSSR count).